The van der Waals surface area contributed by atoms with Crippen LogP contribution >= 0.6 is 0 Å². The van der Waals surface area contributed by atoms with E-state index in [4.69, 9.17) is 5.26 Å². The standard InChI is InChI=1S/C17H23N3O2/c1-11-6-4-5-7-15(11)19-16(21)10-20-13(3)8-12(2)14(9-18)17(20)22/h8,11,15H,4-7,10H2,1-3H3,(H,19,21)/t11-,15+/m1/s1. The van der Waals surface area contributed by atoms with Crippen LogP contribution in [0.15, 0.2) is 10.9 Å². The van der Waals surface area contributed by atoms with Crippen LogP contribution in [0.2, 0.25) is 0 Å². The second kappa shape index (κ2) is 6.78. The third-order valence-electron chi connectivity index (χ3n) is 4.58. The summed E-state index contributed by atoms with van der Waals surface area (Å²) in [5.74, 6) is 0.319. The number of pyridine rings is 1. The van der Waals surface area contributed by atoms with E-state index in [0.29, 0.717) is 17.2 Å². The van der Waals surface area contributed by atoms with Crippen molar-refractivity contribution in [3.63, 3.8) is 0 Å². The lowest BCUT2D eigenvalue weighted by molar-refractivity contribution is -0.123. The molecule has 118 valence electrons. The fourth-order valence-corrected chi connectivity index (χ4v) is 3.19. The van der Waals surface area contributed by atoms with Gasteiger partial charge < -0.3 is 9.88 Å². The molecule has 0 bridgehead atoms. The average Bonchev–Trinajstić information content (AvgIpc) is 2.46. The fourth-order valence-electron chi connectivity index (χ4n) is 3.19. The smallest absolute Gasteiger partial charge is 0.269 e. The van der Waals surface area contributed by atoms with Crippen LogP contribution in [0.1, 0.15) is 49.4 Å². The van der Waals surface area contributed by atoms with E-state index >= 15 is 0 Å². The van der Waals surface area contributed by atoms with Crippen LogP contribution in [0.5, 0.6) is 0 Å². The van der Waals surface area contributed by atoms with Gasteiger partial charge >= 0.3 is 0 Å². The zero-order valence-corrected chi connectivity index (χ0v) is 13.5. The number of nitriles is 1. The first-order valence-corrected chi connectivity index (χ1v) is 7.84. The van der Waals surface area contributed by atoms with Crippen LogP contribution in [-0.4, -0.2) is 16.5 Å². The molecule has 0 aromatic carbocycles. The summed E-state index contributed by atoms with van der Waals surface area (Å²) in [6, 6.07) is 3.89. The molecule has 0 unspecified atom stereocenters. The van der Waals surface area contributed by atoms with Crippen molar-refractivity contribution >= 4 is 5.91 Å². The minimum Gasteiger partial charge on any atom is -0.352 e. The molecule has 1 aliphatic rings. The predicted molar refractivity (Wildman–Crippen MR) is 84.5 cm³/mol. The van der Waals surface area contributed by atoms with Gasteiger partial charge in [-0.05, 0) is 44.2 Å². The molecule has 1 fully saturated rings. The Kier molecular flexibility index (Phi) is 5.02. The molecule has 2 rings (SSSR count). The van der Waals surface area contributed by atoms with E-state index in [1.165, 1.54) is 11.0 Å². The Bertz CT molecular complexity index is 670. The van der Waals surface area contributed by atoms with Gasteiger partial charge in [-0.15, -0.1) is 0 Å². The molecule has 1 aromatic rings. The van der Waals surface area contributed by atoms with Gasteiger partial charge in [0.05, 0.1) is 0 Å². The number of rotatable bonds is 3. The lowest BCUT2D eigenvalue weighted by atomic mass is 9.86. The number of aryl methyl sites for hydroxylation is 2. The normalized spacial score (nSPS) is 21.2. The molecule has 2 atom stereocenters. The molecule has 1 heterocycles. The Hall–Kier alpha value is -2.09. The summed E-state index contributed by atoms with van der Waals surface area (Å²) in [6.45, 7) is 5.65. The highest BCUT2D eigenvalue weighted by atomic mass is 16.2. The maximum atomic E-state index is 12.3. The van der Waals surface area contributed by atoms with Gasteiger partial charge in [0, 0.05) is 11.7 Å². The molecule has 1 saturated carbocycles. The molecule has 5 nitrogen and oxygen atoms in total. The number of hydrogen-bond donors (Lipinski definition) is 1. The van der Waals surface area contributed by atoms with E-state index in [1.807, 2.05) is 6.07 Å². The predicted octanol–water partition coefficient (Wildman–Crippen LogP) is 2.03. The van der Waals surface area contributed by atoms with Gasteiger partial charge in [0.2, 0.25) is 5.91 Å². The number of aromatic nitrogens is 1. The Morgan fingerprint density at radius 2 is 2.09 bits per heavy atom. The largest absolute Gasteiger partial charge is 0.352 e. The van der Waals surface area contributed by atoms with E-state index in [0.717, 1.165) is 19.3 Å². The summed E-state index contributed by atoms with van der Waals surface area (Å²) >= 11 is 0. The van der Waals surface area contributed by atoms with E-state index in [-0.39, 0.29) is 29.6 Å². The van der Waals surface area contributed by atoms with E-state index in [2.05, 4.69) is 12.2 Å². The SMILES string of the molecule is Cc1cc(C)n(CC(=O)N[C@H]2CCCC[C@H]2C)c(=O)c1C#N. The van der Waals surface area contributed by atoms with Crippen molar-refractivity contribution in [2.24, 2.45) is 5.92 Å². The molecule has 1 N–H and O–H groups in total. The topological polar surface area (TPSA) is 74.9 Å². The molecule has 0 radical (unpaired) electrons. The first kappa shape index (κ1) is 16.3. The van der Waals surface area contributed by atoms with Crippen molar-refractivity contribution in [2.75, 3.05) is 0 Å². The molecule has 22 heavy (non-hydrogen) atoms. The molecule has 1 aliphatic carbocycles. The molecular formula is C17H23N3O2. The number of carbonyl (C=O) groups excluding carboxylic acids is 1. The molecule has 1 aromatic heterocycles. The van der Waals surface area contributed by atoms with Gasteiger partial charge in [0.1, 0.15) is 18.2 Å². The molecule has 0 spiro atoms. The summed E-state index contributed by atoms with van der Waals surface area (Å²) in [5, 5.41) is 12.1. The summed E-state index contributed by atoms with van der Waals surface area (Å²) in [7, 11) is 0. The minimum atomic E-state index is -0.383. The van der Waals surface area contributed by atoms with Crippen molar-refractivity contribution in [1.82, 2.24) is 9.88 Å². The van der Waals surface area contributed by atoms with Crippen LogP contribution in [0.4, 0.5) is 0 Å². The number of hydrogen-bond acceptors (Lipinski definition) is 3. The second-order valence-electron chi connectivity index (χ2n) is 6.28. The van der Waals surface area contributed by atoms with Crippen LogP contribution < -0.4 is 10.9 Å². The molecule has 0 saturated heterocycles. The van der Waals surface area contributed by atoms with Crippen molar-refractivity contribution in [2.45, 2.75) is 59.0 Å². The van der Waals surface area contributed by atoms with Crippen molar-refractivity contribution < 1.29 is 4.79 Å². The van der Waals surface area contributed by atoms with Gasteiger partial charge in [-0.1, -0.05) is 19.8 Å². The third-order valence-corrected chi connectivity index (χ3v) is 4.58. The van der Waals surface area contributed by atoms with E-state index < -0.39 is 0 Å². The second-order valence-corrected chi connectivity index (χ2v) is 6.28. The molecule has 0 aliphatic heterocycles. The van der Waals surface area contributed by atoms with Crippen LogP contribution in [-0.2, 0) is 11.3 Å². The number of amides is 1. The van der Waals surface area contributed by atoms with E-state index in [1.54, 1.807) is 19.9 Å². The summed E-state index contributed by atoms with van der Waals surface area (Å²) in [4.78, 5) is 24.6. The monoisotopic (exact) mass is 301 g/mol. The Balaban J connectivity index is 2.15. The van der Waals surface area contributed by atoms with Gasteiger partial charge in [-0.25, -0.2) is 0 Å². The zero-order valence-electron chi connectivity index (χ0n) is 13.5. The zero-order chi connectivity index (χ0) is 16.3. The highest BCUT2D eigenvalue weighted by Crippen LogP contribution is 2.23. The summed E-state index contributed by atoms with van der Waals surface area (Å²) < 4.78 is 1.38. The lowest BCUT2D eigenvalue weighted by Gasteiger charge is -2.29. The van der Waals surface area contributed by atoms with Crippen molar-refractivity contribution in [3.05, 3.63) is 33.2 Å². The first-order chi connectivity index (χ1) is 10.4. The summed E-state index contributed by atoms with van der Waals surface area (Å²) in [5.41, 5.74) is 1.09. The van der Waals surface area contributed by atoms with Crippen LogP contribution in [0.25, 0.3) is 0 Å². The number of nitrogens with zero attached hydrogens (tertiary/aromatic N) is 2. The summed E-state index contributed by atoms with van der Waals surface area (Å²) in [6.07, 6.45) is 4.48. The molecular weight excluding hydrogens is 278 g/mol. The first-order valence-electron chi connectivity index (χ1n) is 7.84. The van der Waals surface area contributed by atoms with Crippen molar-refractivity contribution in [3.8, 4) is 6.07 Å². The molecule has 5 heteroatoms. The lowest BCUT2D eigenvalue weighted by Crippen LogP contribution is -2.44. The Morgan fingerprint density at radius 1 is 1.41 bits per heavy atom. The quantitative estimate of drug-likeness (QED) is 0.928. The van der Waals surface area contributed by atoms with Crippen LogP contribution in [0.3, 0.4) is 0 Å². The average molecular weight is 301 g/mol. The van der Waals surface area contributed by atoms with E-state index in [9.17, 15) is 9.59 Å². The number of carbonyl (C=O) groups is 1. The van der Waals surface area contributed by atoms with Crippen LogP contribution in [0, 0.1) is 31.1 Å². The highest BCUT2D eigenvalue weighted by molar-refractivity contribution is 5.76. The minimum absolute atomic E-state index is 0.0250. The van der Waals surface area contributed by atoms with Gasteiger partial charge in [0.25, 0.3) is 5.56 Å². The number of nitrogens with one attached hydrogen (secondary N) is 1. The maximum Gasteiger partial charge on any atom is 0.269 e. The Morgan fingerprint density at radius 3 is 2.73 bits per heavy atom. The van der Waals surface area contributed by atoms with Gasteiger partial charge in [0.15, 0.2) is 0 Å². The highest BCUT2D eigenvalue weighted by Gasteiger charge is 2.23. The maximum absolute atomic E-state index is 12.3. The van der Waals surface area contributed by atoms with Crippen molar-refractivity contribution in [1.29, 1.82) is 5.26 Å². The Labute approximate surface area is 130 Å². The van der Waals surface area contributed by atoms with Gasteiger partial charge in [-0.3, -0.25) is 9.59 Å². The molecule has 1 amide bonds. The fraction of sp³-hybridized carbons (Fsp3) is 0.588. The van der Waals surface area contributed by atoms with Gasteiger partial charge in [-0.2, -0.15) is 5.26 Å². The third kappa shape index (κ3) is 3.38.